The molecule has 2 aromatic heterocycles. The van der Waals surface area contributed by atoms with E-state index in [1.54, 1.807) is 18.0 Å². The molecule has 2 aliphatic heterocycles. The number of methoxy groups -OCH3 is 1. The van der Waals surface area contributed by atoms with Gasteiger partial charge in [-0.3, -0.25) is 0 Å². The molecule has 2 aliphatic rings. The first kappa shape index (κ1) is 28.6. The summed E-state index contributed by atoms with van der Waals surface area (Å²) in [7, 11) is 1.59. The summed E-state index contributed by atoms with van der Waals surface area (Å²) in [5, 5.41) is 12.9. The summed E-state index contributed by atoms with van der Waals surface area (Å²) in [6, 6.07) is 14.5. The number of hydrogen-bond donors (Lipinski definition) is 0. The zero-order valence-corrected chi connectivity index (χ0v) is 24.2. The number of nitrogens with zero attached hydrogens (tertiary/aromatic N) is 4. The number of ether oxygens (including phenoxy) is 4. The fourth-order valence-electron chi connectivity index (χ4n) is 5.82. The first-order valence-electron chi connectivity index (χ1n) is 14.0. The van der Waals surface area contributed by atoms with Gasteiger partial charge in [0.15, 0.2) is 17.4 Å². The van der Waals surface area contributed by atoms with Crippen LogP contribution in [0.3, 0.4) is 0 Å². The van der Waals surface area contributed by atoms with Crippen LogP contribution in [-0.2, 0) is 25.4 Å². The molecule has 0 aliphatic carbocycles. The second-order valence-corrected chi connectivity index (χ2v) is 11.4. The highest BCUT2D eigenvalue weighted by atomic mass is 19.2. The van der Waals surface area contributed by atoms with Gasteiger partial charge in [-0.15, -0.1) is 5.10 Å². The number of benzene rings is 2. The van der Waals surface area contributed by atoms with Crippen LogP contribution in [0.15, 0.2) is 59.3 Å². The van der Waals surface area contributed by atoms with Crippen molar-refractivity contribution in [2.24, 2.45) is 0 Å². The topological polar surface area (TPSA) is 93.7 Å². The molecule has 0 N–H and O–H groups in total. The summed E-state index contributed by atoms with van der Waals surface area (Å²) in [5.41, 5.74) is 2.38. The standard InChI is InChI=1S/C31H34F2N4O5/c1-17-11-12-21(27(33)26(17)32)23-15-37(36-34-23)28-29(38-5)24(40-25-16-39-31(3,4)41-30(25)28)14-20-13-22(35-42-20)18(2)19-9-7-6-8-10-19/h6-13,15,18,24-25,28-30H,14,16H2,1-5H3/t18?,24-,25-,28-,29+,30+/m1/s1. The molecular formula is C31H34F2N4O5. The van der Waals surface area contributed by atoms with Gasteiger partial charge in [0.25, 0.3) is 0 Å². The van der Waals surface area contributed by atoms with E-state index in [1.807, 2.05) is 38.1 Å². The third kappa shape index (κ3) is 5.37. The molecule has 0 saturated carbocycles. The van der Waals surface area contributed by atoms with Gasteiger partial charge in [-0.1, -0.05) is 53.7 Å². The van der Waals surface area contributed by atoms with Gasteiger partial charge in [0.2, 0.25) is 0 Å². The van der Waals surface area contributed by atoms with Crippen molar-refractivity contribution < 1.29 is 32.3 Å². The van der Waals surface area contributed by atoms with Crippen molar-refractivity contribution in [1.82, 2.24) is 20.2 Å². The maximum absolute atomic E-state index is 14.8. The van der Waals surface area contributed by atoms with Crippen LogP contribution in [0.5, 0.6) is 0 Å². The van der Waals surface area contributed by atoms with Crippen LogP contribution in [0.25, 0.3) is 11.3 Å². The molecule has 9 nitrogen and oxygen atoms in total. The number of rotatable bonds is 7. The van der Waals surface area contributed by atoms with Crippen LogP contribution in [0.2, 0.25) is 0 Å². The second kappa shape index (κ2) is 11.3. The van der Waals surface area contributed by atoms with Crippen molar-refractivity contribution in [3.63, 3.8) is 0 Å². The van der Waals surface area contributed by atoms with E-state index in [0.29, 0.717) is 12.2 Å². The van der Waals surface area contributed by atoms with Gasteiger partial charge in [-0.2, -0.15) is 0 Å². The average Bonchev–Trinajstić information content (AvgIpc) is 3.65. The summed E-state index contributed by atoms with van der Waals surface area (Å²) in [4.78, 5) is 0. The highest BCUT2D eigenvalue weighted by molar-refractivity contribution is 5.59. The smallest absolute Gasteiger partial charge is 0.168 e. The van der Waals surface area contributed by atoms with Gasteiger partial charge >= 0.3 is 0 Å². The molecule has 4 aromatic rings. The van der Waals surface area contributed by atoms with Crippen LogP contribution in [0.1, 0.15) is 55.3 Å². The van der Waals surface area contributed by atoms with E-state index in [4.69, 9.17) is 23.5 Å². The molecule has 0 spiro atoms. The fourth-order valence-corrected chi connectivity index (χ4v) is 5.82. The van der Waals surface area contributed by atoms with E-state index in [1.165, 1.54) is 19.1 Å². The number of halogens is 2. The van der Waals surface area contributed by atoms with Gasteiger partial charge in [-0.25, -0.2) is 13.5 Å². The van der Waals surface area contributed by atoms with Crippen molar-refractivity contribution in [3.05, 3.63) is 88.9 Å². The van der Waals surface area contributed by atoms with E-state index in [0.717, 1.165) is 11.3 Å². The normalized spacial score (nSPS) is 26.1. The number of fused-ring (bicyclic) bond motifs is 1. The summed E-state index contributed by atoms with van der Waals surface area (Å²) in [5.74, 6) is -2.06. The quantitative estimate of drug-likeness (QED) is 0.287. The molecule has 2 saturated heterocycles. The summed E-state index contributed by atoms with van der Waals surface area (Å²) in [6.07, 6.45) is -0.0597. The maximum Gasteiger partial charge on any atom is 0.168 e. The molecule has 0 bridgehead atoms. The van der Waals surface area contributed by atoms with Gasteiger partial charge < -0.3 is 23.5 Å². The average molecular weight is 581 g/mol. The number of aromatic nitrogens is 4. The molecule has 2 aromatic carbocycles. The Morgan fingerprint density at radius 2 is 1.90 bits per heavy atom. The SMILES string of the molecule is CO[C@@H]1[C@@H](n2cc(-c3ccc(C)c(F)c3F)nn2)[C@H]2OC(C)(C)OC[C@H]2O[C@@H]1Cc1cc(C(C)c2ccccc2)no1. The van der Waals surface area contributed by atoms with E-state index in [9.17, 15) is 8.78 Å². The molecule has 6 atom stereocenters. The minimum Gasteiger partial charge on any atom is -0.376 e. The zero-order valence-electron chi connectivity index (χ0n) is 24.2. The minimum absolute atomic E-state index is 0.0217. The zero-order chi connectivity index (χ0) is 29.6. The first-order valence-corrected chi connectivity index (χ1v) is 14.0. The molecule has 4 heterocycles. The van der Waals surface area contributed by atoms with E-state index < -0.39 is 47.9 Å². The Kier molecular flexibility index (Phi) is 7.69. The highest BCUT2D eigenvalue weighted by Crippen LogP contribution is 2.40. The van der Waals surface area contributed by atoms with Crippen molar-refractivity contribution >= 4 is 0 Å². The molecule has 1 unspecified atom stereocenters. The monoisotopic (exact) mass is 580 g/mol. The molecule has 11 heteroatoms. The fraction of sp³-hybridized carbons (Fsp3) is 0.452. The molecule has 0 amide bonds. The molecule has 0 radical (unpaired) electrons. The number of hydrogen-bond acceptors (Lipinski definition) is 8. The predicted octanol–water partition coefficient (Wildman–Crippen LogP) is 5.39. The third-order valence-corrected chi connectivity index (χ3v) is 8.13. The van der Waals surface area contributed by atoms with Gasteiger partial charge in [-0.05, 0) is 38.0 Å². The van der Waals surface area contributed by atoms with Crippen molar-refractivity contribution in [1.29, 1.82) is 0 Å². The lowest BCUT2D eigenvalue weighted by atomic mass is 9.89. The Morgan fingerprint density at radius 1 is 1.12 bits per heavy atom. The lowest BCUT2D eigenvalue weighted by Crippen LogP contribution is -2.62. The Bertz CT molecular complexity index is 1540. The molecule has 42 heavy (non-hydrogen) atoms. The van der Waals surface area contributed by atoms with Crippen LogP contribution in [0.4, 0.5) is 8.78 Å². The first-order chi connectivity index (χ1) is 20.1. The van der Waals surface area contributed by atoms with Crippen LogP contribution < -0.4 is 0 Å². The van der Waals surface area contributed by atoms with Crippen LogP contribution >= 0.6 is 0 Å². The van der Waals surface area contributed by atoms with Gasteiger partial charge in [0, 0.05) is 31.1 Å². The minimum atomic E-state index is -0.970. The Labute approximate surface area is 242 Å². The third-order valence-electron chi connectivity index (χ3n) is 8.13. The van der Waals surface area contributed by atoms with Crippen molar-refractivity contribution in [3.8, 4) is 11.3 Å². The summed E-state index contributed by atoms with van der Waals surface area (Å²) in [6.45, 7) is 7.53. The van der Waals surface area contributed by atoms with Gasteiger partial charge in [0.1, 0.15) is 35.8 Å². The van der Waals surface area contributed by atoms with Crippen molar-refractivity contribution in [2.75, 3.05) is 13.7 Å². The Hall–Kier alpha value is -3.51. The summed E-state index contributed by atoms with van der Waals surface area (Å²) < 4.78 is 61.3. The number of aryl methyl sites for hydroxylation is 1. The summed E-state index contributed by atoms with van der Waals surface area (Å²) >= 11 is 0. The molecule has 222 valence electrons. The molecule has 2 fully saturated rings. The Morgan fingerprint density at radius 3 is 2.67 bits per heavy atom. The predicted molar refractivity (Wildman–Crippen MR) is 148 cm³/mol. The van der Waals surface area contributed by atoms with Gasteiger partial charge in [0.05, 0.1) is 24.6 Å². The lowest BCUT2D eigenvalue weighted by molar-refractivity contribution is -0.349. The molecular weight excluding hydrogens is 546 g/mol. The second-order valence-electron chi connectivity index (χ2n) is 11.4. The van der Waals surface area contributed by atoms with Crippen molar-refractivity contribution in [2.45, 2.75) is 76.3 Å². The van der Waals surface area contributed by atoms with E-state index in [-0.39, 0.29) is 29.3 Å². The Balaban J connectivity index is 1.31. The lowest BCUT2D eigenvalue weighted by Gasteiger charge is -2.51. The molecule has 6 rings (SSSR count). The van der Waals surface area contributed by atoms with E-state index >= 15 is 0 Å². The highest BCUT2D eigenvalue weighted by Gasteiger charge is 2.53. The maximum atomic E-state index is 14.8. The van der Waals surface area contributed by atoms with Crippen LogP contribution in [-0.4, -0.2) is 64.1 Å². The largest absolute Gasteiger partial charge is 0.376 e. The van der Waals surface area contributed by atoms with Crippen LogP contribution in [0, 0.1) is 18.6 Å². The van der Waals surface area contributed by atoms with E-state index in [2.05, 4.69) is 34.5 Å².